The summed E-state index contributed by atoms with van der Waals surface area (Å²) in [7, 11) is 2.07. The molecule has 1 aliphatic heterocycles. The zero-order valence-corrected chi connectivity index (χ0v) is 16.8. The number of likely N-dealkylation sites (tertiary alicyclic amines) is 1. The van der Waals surface area contributed by atoms with Crippen LogP contribution in [0.3, 0.4) is 0 Å². The van der Waals surface area contributed by atoms with Gasteiger partial charge in [0.15, 0.2) is 0 Å². The van der Waals surface area contributed by atoms with Crippen LogP contribution in [0.1, 0.15) is 43.4 Å². The van der Waals surface area contributed by atoms with Crippen LogP contribution in [-0.2, 0) is 5.60 Å². The fourth-order valence-corrected chi connectivity index (χ4v) is 4.40. The lowest BCUT2D eigenvalue weighted by Crippen LogP contribution is -2.63. The molecular formula is C22H26N4O2. The van der Waals surface area contributed by atoms with Gasteiger partial charge in [0.25, 0.3) is 0 Å². The highest BCUT2D eigenvalue weighted by Gasteiger charge is 2.55. The van der Waals surface area contributed by atoms with Gasteiger partial charge in [0.1, 0.15) is 5.60 Å². The van der Waals surface area contributed by atoms with Crippen molar-refractivity contribution in [2.75, 3.05) is 20.1 Å². The van der Waals surface area contributed by atoms with Crippen molar-refractivity contribution in [3.05, 3.63) is 65.8 Å². The number of hydrogen-bond donors (Lipinski definition) is 1. The predicted molar refractivity (Wildman–Crippen MR) is 107 cm³/mol. The number of pyridine rings is 1. The molecule has 4 rings (SSSR count). The minimum absolute atomic E-state index is 0.335. The first-order valence-electron chi connectivity index (χ1n) is 9.57. The smallest absolute Gasteiger partial charge is 0.214 e. The molecule has 6 nitrogen and oxygen atoms in total. The van der Waals surface area contributed by atoms with E-state index in [1.54, 1.807) is 12.4 Å². The van der Waals surface area contributed by atoms with Crippen LogP contribution in [-0.4, -0.2) is 45.3 Å². The van der Waals surface area contributed by atoms with Crippen molar-refractivity contribution >= 4 is 0 Å². The van der Waals surface area contributed by atoms with Crippen molar-refractivity contribution in [2.45, 2.75) is 32.3 Å². The second-order valence-corrected chi connectivity index (χ2v) is 8.44. The zero-order valence-electron chi connectivity index (χ0n) is 16.8. The van der Waals surface area contributed by atoms with Gasteiger partial charge in [-0.25, -0.2) is 0 Å². The highest BCUT2D eigenvalue weighted by atomic mass is 16.5. The lowest BCUT2D eigenvalue weighted by molar-refractivity contribution is -0.127. The third-order valence-corrected chi connectivity index (χ3v) is 5.88. The van der Waals surface area contributed by atoms with E-state index >= 15 is 0 Å². The number of aromatic nitrogens is 3. The Morgan fingerprint density at radius 3 is 2.43 bits per heavy atom. The lowest BCUT2D eigenvalue weighted by atomic mass is 9.62. The lowest BCUT2D eigenvalue weighted by Gasteiger charge is -2.55. The van der Waals surface area contributed by atoms with Crippen LogP contribution in [0.2, 0.25) is 0 Å². The van der Waals surface area contributed by atoms with E-state index in [1.165, 1.54) is 12.0 Å². The van der Waals surface area contributed by atoms with Crippen LogP contribution in [0.5, 0.6) is 0 Å². The molecule has 146 valence electrons. The first kappa shape index (κ1) is 18.8. The zero-order chi connectivity index (χ0) is 19.9. The Kier molecular flexibility index (Phi) is 4.56. The van der Waals surface area contributed by atoms with E-state index in [9.17, 15) is 5.11 Å². The Labute approximate surface area is 165 Å². The fraction of sp³-hybridized carbons (Fsp3) is 0.409. The van der Waals surface area contributed by atoms with Crippen LogP contribution < -0.4 is 0 Å². The number of hydrogen-bond acceptors (Lipinski definition) is 6. The first-order chi connectivity index (χ1) is 13.3. The van der Waals surface area contributed by atoms with Crippen LogP contribution >= 0.6 is 0 Å². The van der Waals surface area contributed by atoms with Crippen molar-refractivity contribution in [1.82, 2.24) is 20.0 Å². The van der Waals surface area contributed by atoms with Gasteiger partial charge in [-0.2, -0.15) is 4.98 Å². The summed E-state index contributed by atoms with van der Waals surface area (Å²) < 4.78 is 4.87. The molecule has 0 aliphatic carbocycles. The molecule has 1 aliphatic rings. The summed E-state index contributed by atoms with van der Waals surface area (Å²) in [4.78, 5) is 10.7. The van der Waals surface area contributed by atoms with Gasteiger partial charge in [0.05, 0.1) is 0 Å². The Bertz CT molecular complexity index is 947. The maximum absolute atomic E-state index is 12.2. The average Bonchev–Trinajstić information content (AvgIpc) is 3.21. The Morgan fingerprint density at radius 1 is 1.14 bits per heavy atom. The molecule has 28 heavy (non-hydrogen) atoms. The molecule has 0 bridgehead atoms. The maximum atomic E-state index is 12.2. The minimum atomic E-state index is -1.18. The van der Waals surface area contributed by atoms with Crippen LogP contribution in [0.4, 0.5) is 0 Å². The second kappa shape index (κ2) is 6.79. The van der Waals surface area contributed by atoms with Gasteiger partial charge < -0.3 is 14.5 Å². The molecule has 2 aromatic heterocycles. The summed E-state index contributed by atoms with van der Waals surface area (Å²) in [6.45, 7) is 8.05. The van der Waals surface area contributed by atoms with Crippen molar-refractivity contribution in [2.24, 2.45) is 5.41 Å². The van der Waals surface area contributed by atoms with Gasteiger partial charge in [-0.15, -0.1) is 0 Å². The van der Waals surface area contributed by atoms with E-state index in [0.29, 0.717) is 11.7 Å². The number of rotatable bonds is 5. The summed E-state index contributed by atoms with van der Waals surface area (Å²) in [5.41, 5.74) is 2.07. The molecule has 0 radical (unpaired) electrons. The largest absolute Gasteiger partial charge is 0.380 e. The number of nitrogens with zero attached hydrogens (tertiary/aromatic N) is 4. The number of aliphatic hydroxyl groups is 1. The molecule has 0 spiro atoms. The summed E-state index contributed by atoms with van der Waals surface area (Å²) in [5, 5.41) is 16.1. The molecule has 6 heteroatoms. The van der Waals surface area contributed by atoms with Gasteiger partial charge >= 0.3 is 0 Å². The summed E-state index contributed by atoms with van der Waals surface area (Å²) >= 11 is 0. The first-order valence-corrected chi connectivity index (χ1v) is 9.57. The SMILES string of the molecule is CC(C)c1ccc([C@](O)(c2cncc(-c3ncon3)c2)C2(C)CN(C)C2)cc1. The molecule has 3 aromatic rings. The van der Waals surface area contributed by atoms with E-state index < -0.39 is 5.60 Å². The third kappa shape index (κ3) is 2.93. The number of benzene rings is 1. The second-order valence-electron chi connectivity index (χ2n) is 8.44. The predicted octanol–water partition coefficient (Wildman–Crippen LogP) is 3.44. The van der Waals surface area contributed by atoms with E-state index in [4.69, 9.17) is 4.52 Å². The van der Waals surface area contributed by atoms with Crippen LogP contribution in [0.15, 0.2) is 53.6 Å². The van der Waals surface area contributed by atoms with Crippen molar-refractivity contribution in [1.29, 1.82) is 0 Å². The molecular weight excluding hydrogens is 352 g/mol. The van der Waals surface area contributed by atoms with Crippen LogP contribution in [0, 0.1) is 5.41 Å². The highest BCUT2D eigenvalue weighted by Crippen LogP contribution is 2.50. The van der Waals surface area contributed by atoms with E-state index in [-0.39, 0.29) is 5.41 Å². The summed E-state index contributed by atoms with van der Waals surface area (Å²) in [5.74, 6) is 0.901. The molecule has 0 amide bonds. The standard InChI is InChI=1S/C22H26N4O2/c1-15(2)16-5-7-18(8-6-16)22(27,21(3)12-26(4)13-21)19-9-17(10-23-11-19)20-24-14-28-25-20/h5-11,14-15,27H,12-13H2,1-4H3/t22-/m0/s1. The Hall–Kier alpha value is -2.57. The normalized spacial score (nSPS) is 18.6. The Morgan fingerprint density at radius 2 is 1.86 bits per heavy atom. The molecule has 1 aromatic carbocycles. The molecule has 1 N–H and O–H groups in total. The van der Waals surface area contributed by atoms with Gasteiger partial charge in [0, 0.05) is 42.0 Å². The molecule has 0 saturated carbocycles. The Balaban J connectivity index is 1.84. The van der Waals surface area contributed by atoms with Gasteiger partial charge in [-0.3, -0.25) is 4.98 Å². The molecule has 1 saturated heterocycles. The maximum Gasteiger partial charge on any atom is 0.214 e. The molecule has 3 heterocycles. The van der Waals surface area contributed by atoms with Gasteiger partial charge in [0.2, 0.25) is 12.2 Å². The fourth-order valence-electron chi connectivity index (χ4n) is 4.40. The third-order valence-electron chi connectivity index (χ3n) is 5.88. The van der Waals surface area contributed by atoms with Crippen LogP contribution in [0.25, 0.3) is 11.4 Å². The molecule has 1 fully saturated rings. The average molecular weight is 378 g/mol. The van der Waals surface area contributed by atoms with E-state index in [2.05, 4.69) is 60.0 Å². The van der Waals surface area contributed by atoms with Gasteiger partial charge in [-0.1, -0.05) is 50.2 Å². The van der Waals surface area contributed by atoms with Crippen molar-refractivity contribution in [3.63, 3.8) is 0 Å². The topological polar surface area (TPSA) is 75.3 Å². The highest BCUT2D eigenvalue weighted by molar-refractivity contribution is 5.55. The van der Waals surface area contributed by atoms with E-state index in [0.717, 1.165) is 29.8 Å². The molecule has 1 atom stereocenters. The molecule has 0 unspecified atom stereocenters. The van der Waals surface area contributed by atoms with Crippen molar-refractivity contribution in [3.8, 4) is 11.4 Å². The quantitative estimate of drug-likeness (QED) is 0.733. The van der Waals surface area contributed by atoms with Crippen molar-refractivity contribution < 1.29 is 9.63 Å². The summed E-state index contributed by atoms with van der Waals surface area (Å²) in [6.07, 6.45) is 4.72. The summed E-state index contributed by atoms with van der Waals surface area (Å²) in [6, 6.07) is 10.2. The minimum Gasteiger partial charge on any atom is -0.380 e. The van der Waals surface area contributed by atoms with E-state index in [1.807, 2.05) is 18.2 Å². The monoisotopic (exact) mass is 378 g/mol. The van der Waals surface area contributed by atoms with Gasteiger partial charge in [-0.05, 0) is 30.2 Å².